The predicted octanol–water partition coefficient (Wildman–Crippen LogP) is 3.09. The van der Waals surface area contributed by atoms with E-state index in [1.165, 1.54) is 11.3 Å². The summed E-state index contributed by atoms with van der Waals surface area (Å²) < 4.78 is 4.97. The van der Waals surface area contributed by atoms with Gasteiger partial charge in [-0.2, -0.15) is 11.3 Å². The molecular formula is C13H14N2O4S. The van der Waals surface area contributed by atoms with E-state index in [-0.39, 0.29) is 35.4 Å². The molecule has 0 unspecified atom stereocenters. The van der Waals surface area contributed by atoms with Crippen LogP contribution < -0.4 is 5.32 Å². The van der Waals surface area contributed by atoms with Crippen molar-refractivity contribution in [1.29, 1.82) is 0 Å². The monoisotopic (exact) mass is 294 g/mol. The summed E-state index contributed by atoms with van der Waals surface area (Å²) in [6.07, 6.45) is 0.285. The topological polar surface area (TPSA) is 92.4 Å². The first-order valence-corrected chi connectivity index (χ1v) is 6.98. The molecule has 0 atom stereocenters. The van der Waals surface area contributed by atoms with Crippen molar-refractivity contribution in [3.63, 3.8) is 0 Å². The maximum Gasteiger partial charge on any atom is 0.343 e. The summed E-state index contributed by atoms with van der Waals surface area (Å²) in [5.41, 5.74) is 0.750. The highest BCUT2D eigenvalue weighted by Gasteiger charge is 2.25. The van der Waals surface area contributed by atoms with E-state index in [1.807, 2.05) is 19.2 Å². The number of carboxylic acids is 1. The van der Waals surface area contributed by atoms with Crippen LogP contribution in [0.5, 0.6) is 0 Å². The number of nitrogens with zero attached hydrogens (tertiary/aromatic N) is 1. The van der Waals surface area contributed by atoms with Crippen LogP contribution in [0.4, 0.5) is 5.88 Å². The van der Waals surface area contributed by atoms with Crippen molar-refractivity contribution in [3.8, 4) is 11.3 Å². The Kier molecular flexibility index (Phi) is 4.19. The van der Waals surface area contributed by atoms with E-state index in [1.54, 1.807) is 11.4 Å². The highest BCUT2D eigenvalue weighted by atomic mass is 32.1. The molecule has 7 heteroatoms. The number of aromatic carboxylic acids is 1. The Morgan fingerprint density at radius 1 is 1.50 bits per heavy atom. The molecule has 0 bridgehead atoms. The summed E-state index contributed by atoms with van der Waals surface area (Å²) in [5.74, 6) is -1.44. The van der Waals surface area contributed by atoms with Gasteiger partial charge in [-0.1, -0.05) is 19.0 Å². The predicted molar refractivity (Wildman–Crippen MR) is 74.9 cm³/mol. The van der Waals surface area contributed by atoms with Gasteiger partial charge in [-0.15, -0.1) is 0 Å². The fourth-order valence-corrected chi connectivity index (χ4v) is 2.36. The molecule has 0 spiro atoms. The van der Waals surface area contributed by atoms with E-state index in [0.29, 0.717) is 5.56 Å². The molecule has 6 nitrogen and oxygen atoms in total. The molecule has 2 N–H and O–H groups in total. The number of amides is 1. The second kappa shape index (κ2) is 5.87. The second-order valence-electron chi connectivity index (χ2n) is 4.70. The molecule has 0 aliphatic heterocycles. The van der Waals surface area contributed by atoms with Crippen LogP contribution in [0, 0.1) is 5.92 Å². The maximum absolute atomic E-state index is 11.7. The number of rotatable bonds is 5. The van der Waals surface area contributed by atoms with Crippen molar-refractivity contribution in [3.05, 3.63) is 22.4 Å². The summed E-state index contributed by atoms with van der Waals surface area (Å²) >= 11 is 1.42. The number of carbonyl (C=O) groups excluding carboxylic acids is 1. The zero-order chi connectivity index (χ0) is 14.7. The summed E-state index contributed by atoms with van der Waals surface area (Å²) in [5, 5.41) is 19.1. The third-order valence-corrected chi connectivity index (χ3v) is 3.23. The molecule has 1 amide bonds. The van der Waals surface area contributed by atoms with Gasteiger partial charge in [0.05, 0.1) is 0 Å². The molecule has 2 rings (SSSR count). The van der Waals surface area contributed by atoms with Gasteiger partial charge in [0.1, 0.15) is 5.69 Å². The highest BCUT2D eigenvalue weighted by molar-refractivity contribution is 7.08. The minimum absolute atomic E-state index is 0.121. The SMILES string of the molecule is CC(C)CC(=O)Nc1onc(-c2ccsc2)c1C(=O)O. The highest BCUT2D eigenvalue weighted by Crippen LogP contribution is 2.30. The lowest BCUT2D eigenvalue weighted by molar-refractivity contribution is -0.117. The van der Waals surface area contributed by atoms with Crippen LogP contribution in [0.15, 0.2) is 21.3 Å². The number of anilines is 1. The van der Waals surface area contributed by atoms with E-state index >= 15 is 0 Å². The largest absolute Gasteiger partial charge is 0.477 e. The van der Waals surface area contributed by atoms with Crippen LogP contribution >= 0.6 is 11.3 Å². The van der Waals surface area contributed by atoms with Crippen LogP contribution in [0.1, 0.15) is 30.6 Å². The Labute approximate surface area is 119 Å². The van der Waals surface area contributed by atoms with Gasteiger partial charge in [-0.25, -0.2) is 4.79 Å². The molecule has 0 fully saturated rings. The molecule has 20 heavy (non-hydrogen) atoms. The van der Waals surface area contributed by atoms with Crippen molar-refractivity contribution in [1.82, 2.24) is 5.16 Å². The van der Waals surface area contributed by atoms with Gasteiger partial charge in [-0.05, 0) is 17.4 Å². The first-order chi connectivity index (χ1) is 9.49. The molecule has 0 aromatic carbocycles. The van der Waals surface area contributed by atoms with Crippen LogP contribution in [-0.2, 0) is 4.79 Å². The number of hydrogen-bond donors (Lipinski definition) is 2. The minimum atomic E-state index is -1.19. The molecular weight excluding hydrogens is 280 g/mol. The Balaban J connectivity index is 2.31. The zero-order valence-corrected chi connectivity index (χ0v) is 11.9. The lowest BCUT2D eigenvalue weighted by Gasteiger charge is -2.04. The lowest BCUT2D eigenvalue weighted by Crippen LogP contribution is -2.15. The Morgan fingerprint density at radius 3 is 2.80 bits per heavy atom. The molecule has 0 saturated heterocycles. The van der Waals surface area contributed by atoms with Gasteiger partial charge in [0, 0.05) is 17.4 Å². The summed E-state index contributed by atoms with van der Waals surface area (Å²) in [4.78, 5) is 23.1. The average Bonchev–Trinajstić information content (AvgIpc) is 2.94. The Hall–Kier alpha value is -2.15. The Morgan fingerprint density at radius 2 is 2.25 bits per heavy atom. The molecule has 106 valence electrons. The molecule has 0 saturated carbocycles. The first kappa shape index (κ1) is 14.3. The zero-order valence-electron chi connectivity index (χ0n) is 11.0. The van der Waals surface area contributed by atoms with Gasteiger partial charge < -0.3 is 9.63 Å². The van der Waals surface area contributed by atoms with Crippen molar-refractivity contribution in [2.45, 2.75) is 20.3 Å². The first-order valence-electron chi connectivity index (χ1n) is 6.04. The fourth-order valence-electron chi connectivity index (χ4n) is 1.72. The summed E-state index contributed by atoms with van der Waals surface area (Å²) in [7, 11) is 0. The molecule has 0 aliphatic rings. The molecule has 0 aliphatic carbocycles. The van der Waals surface area contributed by atoms with E-state index in [4.69, 9.17) is 4.52 Å². The third kappa shape index (κ3) is 3.05. The number of aromatic nitrogens is 1. The third-order valence-electron chi connectivity index (χ3n) is 2.55. The van der Waals surface area contributed by atoms with Gasteiger partial charge in [0.15, 0.2) is 5.56 Å². The van der Waals surface area contributed by atoms with Crippen LogP contribution in [0.25, 0.3) is 11.3 Å². The standard InChI is InChI=1S/C13H14N2O4S/c1-7(2)5-9(16)14-12-10(13(17)18)11(15-19-12)8-3-4-20-6-8/h3-4,6-7H,5H2,1-2H3,(H,14,16)(H,17,18). The quantitative estimate of drug-likeness (QED) is 0.884. The van der Waals surface area contributed by atoms with Gasteiger partial charge in [0.25, 0.3) is 0 Å². The molecule has 2 aromatic heterocycles. The number of carboxylic acid groups (broad SMARTS) is 1. The number of carbonyl (C=O) groups is 2. The van der Waals surface area contributed by atoms with Gasteiger partial charge >= 0.3 is 5.97 Å². The lowest BCUT2D eigenvalue weighted by atomic mass is 10.1. The summed E-state index contributed by atoms with van der Waals surface area (Å²) in [6, 6.07) is 1.74. The van der Waals surface area contributed by atoms with E-state index in [9.17, 15) is 14.7 Å². The second-order valence-corrected chi connectivity index (χ2v) is 5.48. The van der Waals surface area contributed by atoms with Gasteiger partial charge in [-0.3, -0.25) is 10.1 Å². The Bertz CT molecular complexity index is 616. The average molecular weight is 294 g/mol. The fraction of sp³-hybridized carbons (Fsp3) is 0.308. The maximum atomic E-state index is 11.7. The van der Waals surface area contributed by atoms with E-state index in [2.05, 4.69) is 10.5 Å². The van der Waals surface area contributed by atoms with Crippen molar-refractivity contribution in [2.24, 2.45) is 5.92 Å². The normalized spacial score (nSPS) is 10.8. The smallest absolute Gasteiger partial charge is 0.343 e. The molecule has 2 heterocycles. The van der Waals surface area contributed by atoms with Crippen LogP contribution in [0.3, 0.4) is 0 Å². The number of thiophene rings is 1. The molecule has 2 aromatic rings. The van der Waals surface area contributed by atoms with E-state index < -0.39 is 5.97 Å². The number of nitrogens with one attached hydrogen (secondary N) is 1. The number of hydrogen-bond acceptors (Lipinski definition) is 5. The van der Waals surface area contributed by atoms with Crippen molar-refractivity contribution >= 4 is 29.1 Å². The van der Waals surface area contributed by atoms with Crippen molar-refractivity contribution < 1.29 is 19.2 Å². The van der Waals surface area contributed by atoms with E-state index in [0.717, 1.165) is 0 Å². The van der Waals surface area contributed by atoms with Gasteiger partial charge in [0.2, 0.25) is 11.8 Å². The van der Waals surface area contributed by atoms with Crippen LogP contribution in [-0.4, -0.2) is 22.1 Å². The van der Waals surface area contributed by atoms with Crippen molar-refractivity contribution in [2.75, 3.05) is 5.32 Å². The molecule has 0 radical (unpaired) electrons. The minimum Gasteiger partial charge on any atom is -0.477 e. The summed E-state index contributed by atoms with van der Waals surface area (Å²) in [6.45, 7) is 3.80. The van der Waals surface area contributed by atoms with Crippen LogP contribution in [0.2, 0.25) is 0 Å².